The Bertz CT molecular complexity index is 1560. The number of carbonyl (C=O) groups excluding carboxylic acids is 6. The summed E-state index contributed by atoms with van der Waals surface area (Å²) in [5, 5.41) is 34.8. The van der Waals surface area contributed by atoms with Gasteiger partial charge in [0.05, 0.1) is 0 Å². The molecule has 30 heteroatoms. The van der Waals surface area contributed by atoms with E-state index in [1.165, 1.54) is 0 Å². The van der Waals surface area contributed by atoms with Gasteiger partial charge in [0.2, 0.25) is 40.8 Å². The zero-order chi connectivity index (χ0) is 49.8. The van der Waals surface area contributed by atoms with Crippen LogP contribution in [0.15, 0.2) is 0 Å². The third-order valence-electron chi connectivity index (χ3n) is 8.08. The van der Waals surface area contributed by atoms with Crippen LogP contribution < -0.4 is 0 Å². The zero-order valence-corrected chi connectivity index (χ0v) is 40.4. The van der Waals surface area contributed by atoms with Crippen LogP contribution >= 0.6 is 23.5 Å². The summed E-state index contributed by atoms with van der Waals surface area (Å²) in [4.78, 5) is 72.5. The molecule has 0 aliphatic heterocycles. The molecular formula is C36H63O27P3. The van der Waals surface area contributed by atoms with Gasteiger partial charge in [0.1, 0.15) is 36.6 Å². The van der Waals surface area contributed by atoms with Crippen LogP contribution in [0.3, 0.4) is 0 Å². The third kappa shape index (κ3) is 23.8. The van der Waals surface area contributed by atoms with Crippen molar-refractivity contribution in [3.05, 3.63) is 0 Å². The first-order chi connectivity index (χ1) is 31.2. The maximum absolute atomic E-state index is 14.3. The monoisotopic (exact) mass is 1020 g/mol. The summed E-state index contributed by atoms with van der Waals surface area (Å²) < 4.78 is 118. The van der Waals surface area contributed by atoms with E-state index < -0.39 is 137 Å². The maximum atomic E-state index is 14.3. The van der Waals surface area contributed by atoms with Gasteiger partial charge in [-0.05, 0) is 38.5 Å². The lowest BCUT2D eigenvalue weighted by atomic mass is 9.85. The largest absolute Gasteiger partial charge is 0.481 e. The van der Waals surface area contributed by atoms with Gasteiger partial charge in [-0.1, -0.05) is 41.5 Å². The SMILES string of the molecule is CCCC(=O)OCOP(=O)(OCOC(=O)CCC)O[C@@H]1[C@@H](O)[C@H](OP(=O)(OCOC(=O)CCC)OCOC(=O)CCC)[C@@H](OP(=O)(OCOC(=O)CCC)OCOC(=O)CCC)[C@H](O)[C@@H]1O. The van der Waals surface area contributed by atoms with E-state index in [2.05, 4.69) is 0 Å². The Balaban J connectivity index is 3.88. The van der Waals surface area contributed by atoms with E-state index in [1.807, 2.05) is 0 Å². The Hall–Kier alpha value is -2.97. The number of phosphoric acid groups is 3. The fourth-order valence-electron chi connectivity index (χ4n) is 4.87. The summed E-state index contributed by atoms with van der Waals surface area (Å²) in [7, 11) is -16.2. The summed E-state index contributed by atoms with van der Waals surface area (Å²) in [5.41, 5.74) is 0. The highest BCUT2D eigenvalue weighted by molar-refractivity contribution is 7.49. The lowest BCUT2D eigenvalue weighted by Gasteiger charge is -2.45. The molecule has 0 saturated heterocycles. The molecule has 1 saturated carbocycles. The molecule has 1 aliphatic rings. The Morgan fingerprint density at radius 2 is 0.515 bits per heavy atom. The van der Waals surface area contributed by atoms with Gasteiger partial charge in [-0.3, -0.25) is 42.3 Å². The summed E-state index contributed by atoms with van der Waals surface area (Å²) >= 11 is 0. The molecule has 0 bridgehead atoms. The van der Waals surface area contributed by atoms with Crippen molar-refractivity contribution in [3.8, 4) is 0 Å². The normalized spacial score (nSPS) is 20.0. The van der Waals surface area contributed by atoms with Crippen LogP contribution in [0, 0.1) is 0 Å². The Kier molecular flexibility index (Phi) is 30.3. The highest BCUT2D eigenvalue weighted by Gasteiger charge is 2.58. The van der Waals surface area contributed by atoms with Gasteiger partial charge < -0.3 is 43.7 Å². The third-order valence-corrected chi connectivity index (χ3v) is 12.1. The van der Waals surface area contributed by atoms with Crippen molar-refractivity contribution in [2.24, 2.45) is 0 Å². The number of hydrogen-bond acceptors (Lipinski definition) is 27. The minimum atomic E-state index is -5.46. The first kappa shape index (κ1) is 61.0. The molecule has 27 nitrogen and oxygen atoms in total. The van der Waals surface area contributed by atoms with E-state index in [4.69, 9.17) is 69.1 Å². The van der Waals surface area contributed by atoms with Gasteiger partial charge in [-0.2, -0.15) is 0 Å². The van der Waals surface area contributed by atoms with Crippen LogP contribution in [-0.4, -0.2) is 129 Å². The molecule has 0 heterocycles. The van der Waals surface area contributed by atoms with Crippen LogP contribution in [0.25, 0.3) is 0 Å². The summed E-state index contributed by atoms with van der Waals surface area (Å²) in [5.74, 6) is -5.12. The molecule has 1 fully saturated rings. The van der Waals surface area contributed by atoms with Crippen LogP contribution in [0.2, 0.25) is 0 Å². The van der Waals surface area contributed by atoms with E-state index in [9.17, 15) is 57.8 Å². The molecule has 1 aliphatic carbocycles. The first-order valence-electron chi connectivity index (χ1n) is 21.0. The average molecular weight is 1020 g/mol. The van der Waals surface area contributed by atoms with Gasteiger partial charge in [0.25, 0.3) is 0 Å². The Morgan fingerprint density at radius 3 is 0.727 bits per heavy atom. The molecule has 6 atom stereocenters. The molecule has 1 rings (SSSR count). The van der Waals surface area contributed by atoms with E-state index in [0.29, 0.717) is 38.5 Å². The summed E-state index contributed by atoms with van der Waals surface area (Å²) in [6, 6.07) is 0. The van der Waals surface area contributed by atoms with Gasteiger partial charge in [-0.25, -0.2) is 40.8 Å². The molecule has 0 aromatic rings. The summed E-state index contributed by atoms with van der Waals surface area (Å²) in [6.45, 7) is 2.79. The molecule has 0 aromatic heterocycles. The van der Waals surface area contributed by atoms with E-state index in [1.54, 1.807) is 41.5 Å². The molecule has 3 N–H and O–H groups in total. The van der Waals surface area contributed by atoms with Crippen molar-refractivity contribution in [1.82, 2.24) is 0 Å². The molecule has 0 spiro atoms. The maximum Gasteiger partial charge on any atom is 0.481 e. The number of rotatable bonds is 36. The minimum absolute atomic E-state index is 0.115. The Morgan fingerprint density at radius 1 is 0.333 bits per heavy atom. The molecule has 0 unspecified atom stereocenters. The van der Waals surface area contributed by atoms with Crippen molar-refractivity contribution in [1.29, 1.82) is 0 Å². The van der Waals surface area contributed by atoms with E-state index in [0.717, 1.165) is 0 Å². The number of esters is 6. The van der Waals surface area contributed by atoms with E-state index >= 15 is 0 Å². The van der Waals surface area contributed by atoms with Crippen molar-refractivity contribution < 1.29 is 127 Å². The fourth-order valence-corrected chi connectivity index (χ4v) is 8.19. The second-order valence-electron chi connectivity index (χ2n) is 13.6. The topological polar surface area (TPSA) is 353 Å². The van der Waals surface area contributed by atoms with Crippen molar-refractivity contribution in [2.75, 3.05) is 40.8 Å². The quantitative estimate of drug-likeness (QED) is 0.0337. The average Bonchev–Trinajstić information content (AvgIpc) is 3.23. The first-order valence-corrected chi connectivity index (χ1v) is 25.3. The molecule has 0 radical (unpaired) electrons. The molecule has 0 aromatic carbocycles. The second-order valence-corrected chi connectivity index (χ2v) is 18.5. The fraction of sp³-hybridized carbons (Fsp3) is 0.833. The number of ether oxygens (including phenoxy) is 6. The minimum Gasteiger partial charge on any atom is -0.438 e. The standard InChI is InChI=1S/C36H63O27P3/c1-7-13-25(37)49-19-55-64(46,56-20-50-26(38)14-8-2)61-34-31(43)32(44)35(62-65(47,57-21-51-27(39)15-9-3)58-22-52-28(40)16-10-4)36(33(34)45)63-66(48,59-23-53-29(41)17-11-5)60-24-54-30(42)18-12-6/h31-36,43-45H,7-24H2,1-6H3/t31-,32+,33+,34-,35-,36-/m0/s1. The number of carbonyl (C=O) groups is 6. The van der Waals surface area contributed by atoms with Crippen molar-refractivity contribution >= 4 is 59.3 Å². The summed E-state index contributed by atoms with van der Waals surface area (Å²) in [6.07, 6.45) is -14.3. The number of phosphoric ester groups is 3. The van der Waals surface area contributed by atoms with Crippen molar-refractivity contribution in [2.45, 2.75) is 155 Å². The number of aliphatic hydroxyl groups excluding tert-OH is 3. The lowest BCUT2D eigenvalue weighted by molar-refractivity contribution is -0.220. The highest BCUT2D eigenvalue weighted by Crippen LogP contribution is 2.58. The second kappa shape index (κ2) is 32.7. The van der Waals surface area contributed by atoms with Gasteiger partial charge in [0, 0.05) is 38.5 Å². The molecule has 0 amide bonds. The predicted octanol–water partition coefficient (Wildman–Crippen LogP) is 4.47. The van der Waals surface area contributed by atoms with Gasteiger partial charge in [-0.15, -0.1) is 0 Å². The molecular weight excluding hydrogens is 957 g/mol. The van der Waals surface area contributed by atoms with Crippen molar-refractivity contribution in [3.63, 3.8) is 0 Å². The van der Waals surface area contributed by atoms with Crippen LogP contribution in [0.1, 0.15) is 119 Å². The van der Waals surface area contributed by atoms with Crippen LogP contribution in [-0.2, 0) is 112 Å². The van der Waals surface area contributed by atoms with E-state index in [-0.39, 0.29) is 38.5 Å². The van der Waals surface area contributed by atoms with Gasteiger partial charge in [0.15, 0.2) is 0 Å². The van der Waals surface area contributed by atoms with Gasteiger partial charge >= 0.3 is 59.3 Å². The lowest BCUT2D eigenvalue weighted by Crippen LogP contribution is -2.65. The Labute approximate surface area is 381 Å². The predicted molar refractivity (Wildman–Crippen MR) is 217 cm³/mol. The molecule has 66 heavy (non-hydrogen) atoms. The molecule has 384 valence electrons. The zero-order valence-electron chi connectivity index (χ0n) is 37.7. The number of hydrogen-bond donors (Lipinski definition) is 3. The highest BCUT2D eigenvalue weighted by atomic mass is 31.2. The smallest absolute Gasteiger partial charge is 0.438 e. The van der Waals surface area contributed by atoms with Crippen LogP contribution in [0.4, 0.5) is 0 Å². The van der Waals surface area contributed by atoms with Crippen LogP contribution in [0.5, 0.6) is 0 Å². The number of aliphatic hydroxyl groups is 3.